The number of hydrogen-bond acceptors (Lipinski definition) is 6. The van der Waals surface area contributed by atoms with Crippen LogP contribution < -0.4 is 10.9 Å². The number of ether oxygens (including phenoxy) is 1. The Labute approximate surface area is 154 Å². The average molecular weight is 372 g/mol. The van der Waals surface area contributed by atoms with Crippen molar-refractivity contribution in [2.24, 2.45) is 5.92 Å². The molecular weight excluding hydrogens is 352 g/mol. The molecule has 2 amide bonds. The van der Waals surface area contributed by atoms with Gasteiger partial charge >= 0.3 is 17.8 Å². The quantitative estimate of drug-likeness (QED) is 0.576. The van der Waals surface area contributed by atoms with Crippen molar-refractivity contribution in [2.75, 3.05) is 20.2 Å². The number of carbonyl (C=O) groups is 3. The number of esters is 1. The molecule has 0 spiro atoms. The summed E-state index contributed by atoms with van der Waals surface area (Å²) >= 11 is 0. The first-order valence-corrected chi connectivity index (χ1v) is 8.62. The summed E-state index contributed by atoms with van der Waals surface area (Å²) in [6.45, 7) is 0.665. The van der Waals surface area contributed by atoms with Crippen molar-refractivity contribution in [3.63, 3.8) is 0 Å². The van der Waals surface area contributed by atoms with Gasteiger partial charge in [-0.25, -0.2) is 5.10 Å². The maximum absolute atomic E-state index is 12.3. The van der Waals surface area contributed by atoms with E-state index in [1.165, 1.54) is 12.0 Å². The Morgan fingerprint density at radius 2 is 1.89 bits per heavy atom. The summed E-state index contributed by atoms with van der Waals surface area (Å²) in [5.41, 5.74) is 0.154. The molecule has 3 rings (SSSR count). The molecule has 0 bridgehead atoms. The van der Waals surface area contributed by atoms with Gasteiger partial charge < -0.3 is 15.0 Å². The summed E-state index contributed by atoms with van der Waals surface area (Å²) in [6.07, 6.45) is 0.940. The van der Waals surface area contributed by atoms with Gasteiger partial charge in [-0.05, 0) is 18.9 Å². The van der Waals surface area contributed by atoms with Crippen LogP contribution in [0.15, 0.2) is 29.1 Å². The number of nitrogens with zero attached hydrogens (tertiary/aromatic N) is 2. The molecule has 0 unspecified atom stereocenters. The average Bonchev–Trinajstić information content (AvgIpc) is 2.72. The number of hydrogen-bond donors (Lipinski definition) is 2. The molecule has 27 heavy (non-hydrogen) atoms. The Balaban J connectivity index is 1.60. The van der Waals surface area contributed by atoms with E-state index >= 15 is 0 Å². The zero-order valence-electron chi connectivity index (χ0n) is 14.9. The number of carbonyl (C=O) groups excluding carboxylic acids is 3. The number of H-pyrrole nitrogens is 1. The van der Waals surface area contributed by atoms with Gasteiger partial charge in [0, 0.05) is 18.5 Å². The van der Waals surface area contributed by atoms with Crippen molar-refractivity contribution in [2.45, 2.75) is 19.4 Å². The molecule has 2 aromatic rings. The zero-order chi connectivity index (χ0) is 19.4. The van der Waals surface area contributed by atoms with Crippen LogP contribution in [0.3, 0.4) is 0 Å². The van der Waals surface area contributed by atoms with Gasteiger partial charge in [0.2, 0.25) is 0 Å². The van der Waals surface area contributed by atoms with Crippen molar-refractivity contribution in [1.82, 2.24) is 20.4 Å². The summed E-state index contributed by atoms with van der Waals surface area (Å²) in [5, 5.41) is 9.98. The SMILES string of the molecule is COC(=O)C1CCN(C(=O)C(=O)NCc2n[nH]c(=O)c3ccccc23)CC1. The standard InChI is InChI=1S/C18H20N4O5/c1-27-18(26)11-6-8-22(9-7-11)17(25)16(24)19-10-14-12-4-2-3-5-13(12)15(23)21-20-14/h2-5,11H,6-10H2,1H3,(H,19,24)(H,21,23). The molecule has 2 heterocycles. The number of piperidine rings is 1. The third-order valence-electron chi connectivity index (χ3n) is 4.70. The molecule has 142 valence electrons. The predicted octanol–water partition coefficient (Wildman–Crippen LogP) is -0.0491. The van der Waals surface area contributed by atoms with Crippen LogP contribution in [0.2, 0.25) is 0 Å². The lowest BCUT2D eigenvalue weighted by Gasteiger charge is -2.30. The van der Waals surface area contributed by atoms with Gasteiger partial charge in [-0.15, -0.1) is 0 Å². The Kier molecular flexibility index (Phi) is 5.49. The predicted molar refractivity (Wildman–Crippen MR) is 95.5 cm³/mol. The second-order valence-corrected chi connectivity index (χ2v) is 6.32. The molecule has 1 aromatic heterocycles. The van der Waals surface area contributed by atoms with Gasteiger partial charge in [0.15, 0.2) is 0 Å². The molecule has 1 fully saturated rings. The topological polar surface area (TPSA) is 121 Å². The Hall–Kier alpha value is -3.23. The van der Waals surface area contributed by atoms with Crippen LogP contribution in [0.25, 0.3) is 10.8 Å². The van der Waals surface area contributed by atoms with E-state index in [4.69, 9.17) is 4.74 Å². The zero-order valence-corrected chi connectivity index (χ0v) is 14.9. The van der Waals surface area contributed by atoms with Crippen LogP contribution in [-0.2, 0) is 25.7 Å². The van der Waals surface area contributed by atoms with Gasteiger partial charge in [0.1, 0.15) is 0 Å². The fourth-order valence-electron chi connectivity index (χ4n) is 3.17. The molecule has 9 heteroatoms. The second kappa shape index (κ2) is 7.98. The minimum absolute atomic E-state index is 0.0144. The number of methoxy groups -OCH3 is 1. The maximum Gasteiger partial charge on any atom is 0.311 e. The van der Waals surface area contributed by atoms with Gasteiger partial charge in [-0.3, -0.25) is 19.2 Å². The van der Waals surface area contributed by atoms with Crippen LogP contribution in [0, 0.1) is 5.92 Å². The van der Waals surface area contributed by atoms with Crippen molar-refractivity contribution in [1.29, 1.82) is 0 Å². The number of benzene rings is 1. The number of rotatable bonds is 3. The fraction of sp³-hybridized carbons (Fsp3) is 0.389. The van der Waals surface area contributed by atoms with Gasteiger partial charge in [-0.1, -0.05) is 18.2 Å². The van der Waals surface area contributed by atoms with Gasteiger partial charge in [0.25, 0.3) is 5.56 Å². The molecule has 0 saturated carbocycles. The molecule has 0 atom stereocenters. The minimum atomic E-state index is -0.747. The molecule has 1 aliphatic rings. The normalized spacial score (nSPS) is 14.8. The van der Waals surface area contributed by atoms with E-state index in [0.29, 0.717) is 42.4 Å². The molecule has 1 saturated heterocycles. The highest BCUT2D eigenvalue weighted by atomic mass is 16.5. The fourth-order valence-corrected chi connectivity index (χ4v) is 3.17. The first kappa shape index (κ1) is 18.6. The number of amides is 2. The van der Waals surface area contributed by atoms with Crippen LogP contribution in [0.5, 0.6) is 0 Å². The number of fused-ring (bicyclic) bond motifs is 1. The van der Waals surface area contributed by atoms with E-state index in [2.05, 4.69) is 15.5 Å². The van der Waals surface area contributed by atoms with Gasteiger partial charge in [0.05, 0.1) is 30.7 Å². The van der Waals surface area contributed by atoms with E-state index in [0.717, 1.165) is 0 Å². The molecule has 1 aliphatic heterocycles. The summed E-state index contributed by atoms with van der Waals surface area (Å²) in [5.74, 6) is -1.92. The first-order chi connectivity index (χ1) is 13.0. The number of likely N-dealkylation sites (tertiary alicyclic amines) is 1. The minimum Gasteiger partial charge on any atom is -0.469 e. The van der Waals surface area contributed by atoms with E-state index < -0.39 is 11.8 Å². The lowest BCUT2D eigenvalue weighted by atomic mass is 9.97. The summed E-state index contributed by atoms with van der Waals surface area (Å²) in [4.78, 5) is 49.2. The van der Waals surface area contributed by atoms with Crippen molar-refractivity contribution in [3.8, 4) is 0 Å². The second-order valence-electron chi connectivity index (χ2n) is 6.32. The summed E-state index contributed by atoms with van der Waals surface area (Å²) in [7, 11) is 1.34. The largest absolute Gasteiger partial charge is 0.469 e. The van der Waals surface area contributed by atoms with Crippen molar-refractivity contribution in [3.05, 3.63) is 40.3 Å². The molecule has 0 radical (unpaired) electrons. The highest BCUT2D eigenvalue weighted by molar-refractivity contribution is 6.35. The third kappa shape index (κ3) is 3.97. The first-order valence-electron chi connectivity index (χ1n) is 8.62. The van der Waals surface area contributed by atoms with Crippen molar-refractivity contribution >= 4 is 28.6 Å². The van der Waals surface area contributed by atoms with Crippen LogP contribution in [-0.4, -0.2) is 53.1 Å². The van der Waals surface area contributed by atoms with Crippen LogP contribution in [0.1, 0.15) is 18.5 Å². The van der Waals surface area contributed by atoms with Crippen molar-refractivity contribution < 1.29 is 19.1 Å². The van der Waals surface area contributed by atoms with E-state index in [-0.39, 0.29) is 24.0 Å². The highest BCUT2D eigenvalue weighted by Gasteiger charge is 2.30. The van der Waals surface area contributed by atoms with Crippen LogP contribution >= 0.6 is 0 Å². The lowest BCUT2D eigenvalue weighted by Crippen LogP contribution is -2.47. The summed E-state index contributed by atoms with van der Waals surface area (Å²) in [6, 6.07) is 6.91. The molecule has 1 aromatic carbocycles. The maximum atomic E-state index is 12.3. The Morgan fingerprint density at radius 1 is 1.22 bits per heavy atom. The number of aromatic amines is 1. The molecule has 9 nitrogen and oxygen atoms in total. The number of nitrogens with one attached hydrogen (secondary N) is 2. The number of aromatic nitrogens is 2. The van der Waals surface area contributed by atoms with E-state index in [1.54, 1.807) is 24.3 Å². The van der Waals surface area contributed by atoms with Crippen LogP contribution in [0.4, 0.5) is 0 Å². The summed E-state index contributed by atoms with van der Waals surface area (Å²) < 4.78 is 4.71. The van der Waals surface area contributed by atoms with Gasteiger partial charge in [-0.2, -0.15) is 5.10 Å². The van der Waals surface area contributed by atoms with E-state index in [9.17, 15) is 19.2 Å². The highest BCUT2D eigenvalue weighted by Crippen LogP contribution is 2.18. The Morgan fingerprint density at radius 3 is 2.56 bits per heavy atom. The molecule has 0 aliphatic carbocycles. The Bertz CT molecular complexity index is 931. The lowest BCUT2D eigenvalue weighted by molar-refractivity contribution is -0.151. The third-order valence-corrected chi connectivity index (χ3v) is 4.70. The van der Waals surface area contributed by atoms with E-state index in [1.807, 2.05) is 0 Å². The molecular formula is C18H20N4O5. The monoisotopic (exact) mass is 372 g/mol. The smallest absolute Gasteiger partial charge is 0.311 e. The molecule has 2 N–H and O–H groups in total.